The van der Waals surface area contributed by atoms with Crippen molar-refractivity contribution in [1.29, 1.82) is 0 Å². The van der Waals surface area contributed by atoms with Gasteiger partial charge in [-0.05, 0) is 54.7 Å². The van der Waals surface area contributed by atoms with Crippen LogP contribution in [-0.2, 0) is 23.0 Å². The van der Waals surface area contributed by atoms with E-state index >= 15 is 0 Å². The molecule has 1 aromatic rings. The summed E-state index contributed by atoms with van der Waals surface area (Å²) in [5, 5.41) is 0. The summed E-state index contributed by atoms with van der Waals surface area (Å²) >= 11 is 0. The summed E-state index contributed by atoms with van der Waals surface area (Å²) in [6.45, 7) is 8.54. The van der Waals surface area contributed by atoms with Crippen molar-refractivity contribution in [3.63, 3.8) is 0 Å². The smallest absolute Gasteiger partial charge is 0.294 e. The Morgan fingerprint density at radius 3 is 2.00 bits per heavy atom. The van der Waals surface area contributed by atoms with Gasteiger partial charge >= 0.3 is 0 Å². The van der Waals surface area contributed by atoms with E-state index in [2.05, 4.69) is 27.7 Å². The van der Waals surface area contributed by atoms with E-state index in [1.165, 1.54) is 6.07 Å². The van der Waals surface area contributed by atoms with Crippen molar-refractivity contribution in [1.82, 2.24) is 6.15 Å². The Morgan fingerprint density at radius 2 is 1.52 bits per heavy atom. The molecule has 0 aromatic heterocycles. The quantitative estimate of drug-likeness (QED) is 0.735. The highest BCUT2D eigenvalue weighted by Gasteiger charge is 2.18. The molecule has 4 N–H and O–H groups in total. The van der Waals surface area contributed by atoms with Crippen molar-refractivity contribution >= 4 is 10.1 Å². The summed E-state index contributed by atoms with van der Waals surface area (Å²) in [6.07, 6.45) is 3.49. The van der Waals surface area contributed by atoms with Gasteiger partial charge in [-0.2, -0.15) is 8.42 Å². The maximum Gasteiger partial charge on any atom is 0.294 e. The summed E-state index contributed by atoms with van der Waals surface area (Å²) in [5.41, 5.74) is 1.85. The minimum atomic E-state index is -4.14. The van der Waals surface area contributed by atoms with Crippen LogP contribution in [0.2, 0.25) is 0 Å². The largest absolute Gasteiger partial charge is 0.344 e. The van der Waals surface area contributed by atoms with Crippen molar-refractivity contribution in [2.24, 2.45) is 11.8 Å². The van der Waals surface area contributed by atoms with E-state index < -0.39 is 10.1 Å². The first-order valence-electron chi connectivity index (χ1n) is 7.30. The third-order valence-corrected chi connectivity index (χ3v) is 4.41. The standard InChI is InChI=1S/C16H26O3S.H3N/c1-12(2)8-10-14-6-5-7-16(20(17,18)19)15(14)11-9-13(3)4;/h5-7,12-13H,8-11H2,1-4H3,(H,17,18,19);1H3. The average Bonchev–Trinajstić information content (AvgIpc) is 2.32. The van der Waals surface area contributed by atoms with Crippen molar-refractivity contribution in [2.45, 2.75) is 58.3 Å². The molecule has 0 aliphatic rings. The molecule has 122 valence electrons. The Balaban J connectivity index is 0.00000400. The second kappa shape index (κ2) is 8.51. The Labute approximate surface area is 129 Å². The first kappa shape index (κ1) is 20.1. The summed E-state index contributed by atoms with van der Waals surface area (Å²) < 4.78 is 32.5. The van der Waals surface area contributed by atoms with Gasteiger partial charge in [0, 0.05) is 0 Å². The molecule has 0 saturated carbocycles. The lowest BCUT2D eigenvalue weighted by Crippen LogP contribution is -2.08. The normalized spacial score (nSPS) is 11.8. The number of hydrogen-bond acceptors (Lipinski definition) is 3. The van der Waals surface area contributed by atoms with Crippen LogP contribution < -0.4 is 6.15 Å². The molecule has 1 rings (SSSR count). The molecule has 0 saturated heterocycles. The zero-order valence-corrected chi connectivity index (χ0v) is 14.4. The molecule has 4 nitrogen and oxygen atoms in total. The van der Waals surface area contributed by atoms with Crippen LogP contribution >= 0.6 is 0 Å². The minimum Gasteiger partial charge on any atom is -0.344 e. The van der Waals surface area contributed by atoms with Crippen molar-refractivity contribution in [2.75, 3.05) is 0 Å². The molecule has 0 fully saturated rings. The van der Waals surface area contributed by atoms with Crippen LogP contribution in [0.15, 0.2) is 23.1 Å². The predicted molar refractivity (Wildman–Crippen MR) is 87.6 cm³/mol. The molecule has 0 aliphatic carbocycles. The number of rotatable bonds is 7. The molecule has 0 bridgehead atoms. The van der Waals surface area contributed by atoms with Gasteiger partial charge in [-0.1, -0.05) is 39.8 Å². The highest BCUT2D eigenvalue weighted by molar-refractivity contribution is 7.85. The maximum absolute atomic E-state index is 11.5. The molecule has 5 heteroatoms. The van der Waals surface area contributed by atoms with Crippen LogP contribution in [0.1, 0.15) is 51.7 Å². The van der Waals surface area contributed by atoms with E-state index in [-0.39, 0.29) is 11.0 Å². The fourth-order valence-corrected chi connectivity index (χ4v) is 3.04. The lowest BCUT2D eigenvalue weighted by atomic mass is 9.94. The number of aryl methyl sites for hydroxylation is 1. The minimum absolute atomic E-state index is 0. The Kier molecular flexibility index (Phi) is 8.14. The van der Waals surface area contributed by atoms with Gasteiger partial charge in [0.2, 0.25) is 0 Å². The van der Waals surface area contributed by atoms with E-state index in [1.807, 2.05) is 6.07 Å². The van der Waals surface area contributed by atoms with Gasteiger partial charge in [0.15, 0.2) is 0 Å². The molecule has 0 aliphatic heterocycles. The maximum atomic E-state index is 11.5. The fourth-order valence-electron chi connectivity index (χ4n) is 2.25. The Hall–Kier alpha value is -0.910. The highest BCUT2D eigenvalue weighted by Crippen LogP contribution is 2.24. The Morgan fingerprint density at radius 1 is 1.00 bits per heavy atom. The van der Waals surface area contributed by atoms with Gasteiger partial charge in [-0.3, -0.25) is 4.55 Å². The second-order valence-electron chi connectivity index (χ2n) is 6.23. The van der Waals surface area contributed by atoms with E-state index in [4.69, 9.17) is 0 Å². The molecule has 0 heterocycles. The SMILES string of the molecule is CC(C)CCc1cccc(S(=O)(=O)O)c1CCC(C)C.N. The summed E-state index contributed by atoms with van der Waals surface area (Å²) in [4.78, 5) is 0.0828. The van der Waals surface area contributed by atoms with Crippen LogP contribution in [0.25, 0.3) is 0 Å². The molecule has 0 unspecified atom stereocenters. The fraction of sp³-hybridized carbons (Fsp3) is 0.625. The van der Waals surface area contributed by atoms with Gasteiger partial charge in [-0.25, -0.2) is 0 Å². The van der Waals surface area contributed by atoms with Crippen molar-refractivity contribution in [3.8, 4) is 0 Å². The molecule has 21 heavy (non-hydrogen) atoms. The first-order chi connectivity index (χ1) is 9.21. The van der Waals surface area contributed by atoms with Gasteiger partial charge < -0.3 is 6.15 Å². The van der Waals surface area contributed by atoms with Gasteiger partial charge in [-0.15, -0.1) is 0 Å². The molecule has 0 radical (unpaired) electrons. The van der Waals surface area contributed by atoms with E-state index in [9.17, 15) is 13.0 Å². The second-order valence-corrected chi connectivity index (χ2v) is 7.62. The summed E-state index contributed by atoms with van der Waals surface area (Å²) in [6, 6.07) is 5.20. The van der Waals surface area contributed by atoms with Gasteiger partial charge in [0.05, 0.1) is 4.90 Å². The van der Waals surface area contributed by atoms with Crippen molar-refractivity contribution in [3.05, 3.63) is 29.3 Å². The number of benzene rings is 1. The summed E-state index contributed by atoms with van der Waals surface area (Å²) in [5.74, 6) is 1.07. The van der Waals surface area contributed by atoms with E-state index in [0.29, 0.717) is 18.3 Å². The van der Waals surface area contributed by atoms with Gasteiger partial charge in [0.25, 0.3) is 10.1 Å². The zero-order chi connectivity index (χ0) is 15.3. The zero-order valence-electron chi connectivity index (χ0n) is 13.6. The molecule has 0 atom stereocenters. The topological polar surface area (TPSA) is 89.4 Å². The molecular formula is C16H29NO3S. The molecular weight excluding hydrogens is 286 g/mol. The predicted octanol–water partition coefficient (Wildman–Crippen LogP) is 4.27. The third-order valence-electron chi connectivity index (χ3n) is 3.47. The first-order valence-corrected chi connectivity index (χ1v) is 8.74. The van der Waals surface area contributed by atoms with Crippen molar-refractivity contribution < 1.29 is 13.0 Å². The third kappa shape index (κ3) is 6.59. The van der Waals surface area contributed by atoms with Crippen LogP contribution in [0.3, 0.4) is 0 Å². The van der Waals surface area contributed by atoms with Crippen LogP contribution in [0, 0.1) is 11.8 Å². The Bertz CT molecular complexity index is 536. The molecule has 0 amide bonds. The lowest BCUT2D eigenvalue weighted by molar-refractivity contribution is 0.480. The van der Waals surface area contributed by atoms with Crippen LogP contribution in [-0.4, -0.2) is 13.0 Å². The monoisotopic (exact) mass is 315 g/mol. The number of hydrogen-bond donors (Lipinski definition) is 2. The molecule has 1 aromatic carbocycles. The summed E-state index contributed by atoms with van der Waals surface area (Å²) in [7, 11) is -4.14. The van der Waals surface area contributed by atoms with Gasteiger partial charge in [0.1, 0.15) is 0 Å². The average molecular weight is 315 g/mol. The van der Waals surface area contributed by atoms with E-state index in [1.54, 1.807) is 6.07 Å². The highest BCUT2D eigenvalue weighted by atomic mass is 32.2. The van der Waals surface area contributed by atoms with Crippen LogP contribution in [0.5, 0.6) is 0 Å². The molecule has 0 spiro atoms. The lowest BCUT2D eigenvalue weighted by Gasteiger charge is -2.15. The van der Waals surface area contributed by atoms with Crippen LogP contribution in [0.4, 0.5) is 0 Å². The van der Waals surface area contributed by atoms with E-state index in [0.717, 1.165) is 30.4 Å².